The molecule has 0 saturated carbocycles. The van der Waals surface area contributed by atoms with Gasteiger partial charge in [0.05, 0.1) is 17.4 Å². The van der Waals surface area contributed by atoms with E-state index in [1.165, 1.54) is 23.1 Å². The van der Waals surface area contributed by atoms with Gasteiger partial charge in [0.1, 0.15) is 0 Å². The first-order valence-electron chi connectivity index (χ1n) is 10.7. The Morgan fingerprint density at radius 1 is 0.971 bits per heavy atom. The fourth-order valence-electron chi connectivity index (χ4n) is 3.20. The summed E-state index contributed by atoms with van der Waals surface area (Å²) in [5.41, 5.74) is 3.14. The Kier molecular flexibility index (Phi) is 8.46. The Labute approximate surface area is 221 Å². The van der Waals surface area contributed by atoms with Crippen molar-refractivity contribution in [3.63, 3.8) is 0 Å². The molecule has 5 nitrogen and oxygen atoms in total. The second kappa shape index (κ2) is 11.7. The number of anilines is 2. The van der Waals surface area contributed by atoms with Crippen molar-refractivity contribution in [2.75, 3.05) is 10.6 Å². The number of hydrogen-bond donors (Lipinski definition) is 2. The fraction of sp³-hybridized carbons (Fsp3) is 0.115. The molecule has 0 aliphatic carbocycles. The molecule has 2 N–H and O–H groups in total. The maximum absolute atomic E-state index is 12.7. The van der Waals surface area contributed by atoms with Crippen LogP contribution in [0.3, 0.4) is 0 Å². The van der Waals surface area contributed by atoms with Crippen molar-refractivity contribution in [3.05, 3.63) is 93.8 Å². The van der Waals surface area contributed by atoms with Gasteiger partial charge >= 0.3 is 0 Å². The summed E-state index contributed by atoms with van der Waals surface area (Å²) < 4.78 is 0. The quantitative estimate of drug-likeness (QED) is 0.227. The highest BCUT2D eigenvalue weighted by molar-refractivity contribution is 8.00. The van der Waals surface area contributed by atoms with E-state index in [4.69, 9.17) is 23.2 Å². The third-order valence-electron chi connectivity index (χ3n) is 4.98. The van der Waals surface area contributed by atoms with E-state index in [0.717, 1.165) is 21.7 Å². The number of hydrogen-bond acceptors (Lipinski definition) is 5. The molecule has 4 aromatic rings. The molecule has 1 aromatic heterocycles. The van der Waals surface area contributed by atoms with E-state index >= 15 is 0 Å². The van der Waals surface area contributed by atoms with Crippen molar-refractivity contribution in [1.82, 2.24) is 4.98 Å². The van der Waals surface area contributed by atoms with E-state index in [0.29, 0.717) is 20.9 Å². The molecule has 0 radical (unpaired) electrons. The zero-order chi connectivity index (χ0) is 24.8. The van der Waals surface area contributed by atoms with E-state index in [2.05, 4.69) is 15.6 Å². The highest BCUT2D eigenvalue weighted by Gasteiger charge is 2.17. The molecule has 1 unspecified atom stereocenters. The Bertz CT molecular complexity index is 1330. The summed E-state index contributed by atoms with van der Waals surface area (Å²) >= 11 is 14.9. The summed E-state index contributed by atoms with van der Waals surface area (Å²) in [5.74, 6) is -0.254. The molecule has 0 fully saturated rings. The molecule has 0 aliphatic rings. The van der Waals surface area contributed by atoms with Gasteiger partial charge in [0.25, 0.3) is 0 Å². The molecule has 2 amide bonds. The summed E-state index contributed by atoms with van der Waals surface area (Å²) in [7, 11) is 0. The Morgan fingerprint density at radius 3 is 2.40 bits per heavy atom. The Balaban J connectivity index is 1.29. The van der Waals surface area contributed by atoms with Crippen LogP contribution in [0.5, 0.6) is 0 Å². The van der Waals surface area contributed by atoms with Gasteiger partial charge in [-0.05, 0) is 55.0 Å². The first kappa shape index (κ1) is 25.3. The molecular formula is C26H21Cl2N3O2S2. The van der Waals surface area contributed by atoms with E-state index in [1.54, 1.807) is 12.1 Å². The number of thiazole rings is 1. The monoisotopic (exact) mass is 541 g/mol. The molecule has 0 aliphatic heterocycles. The van der Waals surface area contributed by atoms with Gasteiger partial charge in [-0.2, -0.15) is 0 Å². The van der Waals surface area contributed by atoms with Crippen LogP contribution in [0.25, 0.3) is 11.3 Å². The molecule has 0 saturated heterocycles. The van der Waals surface area contributed by atoms with Gasteiger partial charge in [-0.3, -0.25) is 9.59 Å². The molecule has 1 heterocycles. The number of aromatic nitrogens is 1. The minimum absolute atomic E-state index is 0.111. The number of rotatable bonds is 8. The second-order valence-corrected chi connectivity index (χ2v) is 10.8. The van der Waals surface area contributed by atoms with Crippen LogP contribution in [-0.4, -0.2) is 22.0 Å². The van der Waals surface area contributed by atoms with Crippen LogP contribution >= 0.6 is 46.3 Å². The summed E-state index contributed by atoms with van der Waals surface area (Å²) in [6.07, 6.45) is 0.264. The number of halogens is 2. The number of amides is 2. The molecule has 178 valence electrons. The average molecular weight is 543 g/mol. The minimum Gasteiger partial charge on any atom is -0.326 e. The van der Waals surface area contributed by atoms with Crippen LogP contribution in [0.1, 0.15) is 12.5 Å². The predicted octanol–water partition coefficient (Wildman–Crippen LogP) is 7.42. The lowest BCUT2D eigenvalue weighted by Gasteiger charge is -2.11. The molecule has 35 heavy (non-hydrogen) atoms. The van der Waals surface area contributed by atoms with Crippen LogP contribution in [-0.2, 0) is 16.0 Å². The van der Waals surface area contributed by atoms with E-state index in [-0.39, 0.29) is 23.5 Å². The summed E-state index contributed by atoms with van der Waals surface area (Å²) in [6.45, 7) is 1.84. The van der Waals surface area contributed by atoms with Gasteiger partial charge in [0.15, 0.2) is 5.13 Å². The highest BCUT2D eigenvalue weighted by atomic mass is 35.5. The number of carbonyl (C=O) groups excluding carboxylic acids is 2. The van der Waals surface area contributed by atoms with Crippen LogP contribution in [0.15, 0.2) is 83.1 Å². The van der Waals surface area contributed by atoms with E-state index < -0.39 is 0 Å². The molecule has 3 aromatic carbocycles. The third kappa shape index (κ3) is 7.08. The fourth-order valence-corrected chi connectivity index (χ4v) is 5.14. The van der Waals surface area contributed by atoms with Crippen molar-refractivity contribution in [3.8, 4) is 11.3 Å². The lowest BCUT2D eigenvalue weighted by molar-refractivity contribution is -0.116. The number of nitrogens with zero attached hydrogens (tertiary/aromatic N) is 1. The van der Waals surface area contributed by atoms with Crippen LogP contribution in [0, 0.1) is 0 Å². The van der Waals surface area contributed by atoms with E-state index in [9.17, 15) is 9.59 Å². The van der Waals surface area contributed by atoms with Crippen LogP contribution < -0.4 is 10.6 Å². The Morgan fingerprint density at radius 2 is 1.69 bits per heavy atom. The number of benzene rings is 3. The standard InChI is InChI=1S/C26H21Cl2N3O2S2/c1-16(25(33)31-26-30-23(15-34-26)21-4-2-3-5-22(21)28)35-20-12-10-19(11-13-20)29-24(32)14-17-6-8-18(27)9-7-17/h2-13,15-16H,14H2,1H3,(H,29,32)(H,30,31,33). The average Bonchev–Trinajstić information content (AvgIpc) is 3.30. The largest absolute Gasteiger partial charge is 0.326 e. The highest BCUT2D eigenvalue weighted by Crippen LogP contribution is 2.31. The maximum Gasteiger partial charge on any atom is 0.239 e. The van der Waals surface area contributed by atoms with Gasteiger partial charge in [0, 0.05) is 31.6 Å². The normalized spacial score (nSPS) is 11.6. The summed E-state index contributed by atoms with van der Waals surface area (Å²) in [5, 5.41) is 9.07. The van der Waals surface area contributed by atoms with Crippen molar-refractivity contribution in [2.24, 2.45) is 0 Å². The number of carbonyl (C=O) groups is 2. The molecule has 4 rings (SSSR count). The van der Waals surface area contributed by atoms with Crippen molar-refractivity contribution in [1.29, 1.82) is 0 Å². The minimum atomic E-state index is -0.340. The lowest BCUT2D eigenvalue weighted by Crippen LogP contribution is -2.22. The van der Waals surface area contributed by atoms with E-state index in [1.807, 2.05) is 73.0 Å². The first-order valence-corrected chi connectivity index (χ1v) is 13.2. The topological polar surface area (TPSA) is 71.1 Å². The Hall–Kier alpha value is -2.84. The van der Waals surface area contributed by atoms with Crippen molar-refractivity contribution < 1.29 is 9.59 Å². The zero-order valence-electron chi connectivity index (χ0n) is 18.6. The molecule has 1 atom stereocenters. The van der Waals surface area contributed by atoms with Crippen LogP contribution in [0.2, 0.25) is 10.0 Å². The van der Waals surface area contributed by atoms with Crippen molar-refractivity contribution >= 4 is 68.9 Å². The lowest BCUT2D eigenvalue weighted by atomic mass is 10.1. The van der Waals surface area contributed by atoms with Crippen LogP contribution in [0.4, 0.5) is 10.8 Å². The van der Waals surface area contributed by atoms with Gasteiger partial charge < -0.3 is 10.6 Å². The summed E-state index contributed by atoms with van der Waals surface area (Å²) in [6, 6.07) is 22.1. The van der Waals surface area contributed by atoms with Gasteiger partial charge in [0.2, 0.25) is 11.8 Å². The first-order chi connectivity index (χ1) is 16.9. The molecular weight excluding hydrogens is 521 g/mol. The molecule has 0 spiro atoms. The number of thioether (sulfide) groups is 1. The maximum atomic E-state index is 12.7. The summed E-state index contributed by atoms with van der Waals surface area (Å²) in [4.78, 5) is 30.4. The smallest absolute Gasteiger partial charge is 0.239 e. The van der Waals surface area contributed by atoms with Gasteiger partial charge in [-0.1, -0.05) is 53.5 Å². The van der Waals surface area contributed by atoms with Gasteiger partial charge in [-0.15, -0.1) is 23.1 Å². The van der Waals surface area contributed by atoms with Gasteiger partial charge in [-0.25, -0.2) is 4.98 Å². The van der Waals surface area contributed by atoms with Crippen molar-refractivity contribution in [2.45, 2.75) is 23.5 Å². The SMILES string of the molecule is CC(Sc1ccc(NC(=O)Cc2ccc(Cl)cc2)cc1)C(=O)Nc1nc(-c2ccccc2Cl)cs1. The third-order valence-corrected chi connectivity index (χ3v) is 7.43. The second-order valence-electron chi connectivity index (χ2n) is 7.64. The predicted molar refractivity (Wildman–Crippen MR) is 147 cm³/mol. The number of nitrogens with one attached hydrogen (secondary N) is 2. The zero-order valence-corrected chi connectivity index (χ0v) is 21.8. The molecule has 0 bridgehead atoms. The molecule has 9 heteroatoms.